The molecular weight excluding hydrogens is 400 g/mol. The van der Waals surface area contributed by atoms with Gasteiger partial charge in [-0.1, -0.05) is 0 Å². The van der Waals surface area contributed by atoms with Crippen LogP contribution in [0.5, 0.6) is 0 Å². The van der Waals surface area contributed by atoms with Crippen molar-refractivity contribution in [2.24, 2.45) is 5.41 Å². The minimum atomic E-state index is -8.45. The zero-order chi connectivity index (χ0) is 20.0. The summed E-state index contributed by atoms with van der Waals surface area (Å²) in [7, 11) is 0. The van der Waals surface area contributed by atoms with Gasteiger partial charge in [-0.3, -0.25) is 0 Å². The molecule has 0 heterocycles. The van der Waals surface area contributed by atoms with Crippen molar-refractivity contribution in [1.82, 2.24) is 0 Å². The highest BCUT2D eigenvalue weighted by Gasteiger charge is 3.12. The van der Waals surface area contributed by atoms with Crippen LogP contribution in [0.2, 0.25) is 0 Å². The lowest BCUT2D eigenvalue weighted by Gasteiger charge is -2.44. The fourth-order valence-corrected chi connectivity index (χ4v) is 2.40. The van der Waals surface area contributed by atoms with Crippen molar-refractivity contribution in [1.29, 1.82) is 0 Å². The van der Waals surface area contributed by atoms with Crippen LogP contribution in [-0.4, -0.2) is 42.0 Å². The predicted octanol–water partition coefficient (Wildman–Crippen LogP) is 5.29. The minimum absolute atomic E-state index is 7.98. The monoisotopic (exact) mass is 400 g/mol. The summed E-state index contributed by atoms with van der Waals surface area (Å²) in [6.45, 7) is 0. The van der Waals surface area contributed by atoms with Crippen molar-refractivity contribution < 1.29 is 70.2 Å². The number of alkyl halides is 16. The third-order valence-corrected chi connectivity index (χ3v) is 3.45. The van der Waals surface area contributed by atoms with Crippen molar-refractivity contribution in [3.8, 4) is 0 Å². The molecule has 1 aliphatic rings. The van der Waals surface area contributed by atoms with E-state index in [0.717, 1.165) is 0 Å². The zero-order valence-electron chi connectivity index (χ0n) is 10.0. The molecule has 0 aromatic carbocycles. The standard InChI is InChI=1S/C8F16/c9-2(8(22,23)24)1(6(16,17)18,7(19,20)21)3(10,11)5(14,15)4(2,12)13. The van der Waals surface area contributed by atoms with E-state index in [9.17, 15) is 70.2 Å². The van der Waals surface area contributed by atoms with Crippen molar-refractivity contribution in [3.63, 3.8) is 0 Å². The van der Waals surface area contributed by atoms with E-state index in [4.69, 9.17) is 0 Å². The second-order valence-electron chi connectivity index (χ2n) is 4.62. The largest absolute Gasteiger partial charge is 0.430 e. The normalized spacial score (nSPS) is 32.0. The van der Waals surface area contributed by atoms with Gasteiger partial charge in [-0.05, 0) is 0 Å². The Kier molecular flexibility index (Phi) is 3.78. The van der Waals surface area contributed by atoms with E-state index in [-0.39, 0.29) is 0 Å². The topological polar surface area (TPSA) is 0 Å². The predicted molar refractivity (Wildman–Crippen MR) is 39.3 cm³/mol. The summed E-state index contributed by atoms with van der Waals surface area (Å²) in [4.78, 5) is 0. The van der Waals surface area contributed by atoms with E-state index in [1.54, 1.807) is 0 Å². The molecule has 0 aliphatic heterocycles. The van der Waals surface area contributed by atoms with Crippen LogP contribution in [0.1, 0.15) is 0 Å². The van der Waals surface area contributed by atoms with Crippen LogP contribution < -0.4 is 0 Å². The number of halogens is 16. The molecule has 0 aromatic rings. The number of hydrogen-bond acceptors (Lipinski definition) is 0. The van der Waals surface area contributed by atoms with E-state index < -0.39 is 47.4 Å². The van der Waals surface area contributed by atoms with E-state index in [1.165, 1.54) is 0 Å². The summed E-state index contributed by atoms with van der Waals surface area (Å²) in [5.41, 5.74) is -16.9. The van der Waals surface area contributed by atoms with Gasteiger partial charge in [0.2, 0.25) is 0 Å². The molecule has 0 amide bonds. The molecule has 0 N–H and O–H groups in total. The Morgan fingerprint density at radius 2 is 0.667 bits per heavy atom. The van der Waals surface area contributed by atoms with E-state index in [1.807, 2.05) is 0 Å². The summed E-state index contributed by atoms with van der Waals surface area (Å²) >= 11 is 0. The smallest absolute Gasteiger partial charge is 0.225 e. The van der Waals surface area contributed by atoms with Crippen molar-refractivity contribution in [2.75, 3.05) is 0 Å². The molecule has 0 radical (unpaired) electrons. The molecule has 1 rings (SSSR count). The van der Waals surface area contributed by atoms with Gasteiger partial charge in [-0.2, -0.15) is 65.9 Å². The van der Waals surface area contributed by atoms with Crippen LogP contribution in [0, 0.1) is 5.41 Å². The molecule has 0 bridgehead atoms. The summed E-state index contributed by atoms with van der Waals surface area (Å²) in [6.07, 6.45) is -24.6. The van der Waals surface area contributed by atoms with E-state index in [0.29, 0.717) is 0 Å². The lowest BCUT2D eigenvalue weighted by molar-refractivity contribution is -0.460. The summed E-state index contributed by atoms with van der Waals surface area (Å²) in [6, 6.07) is 0. The van der Waals surface area contributed by atoms with Gasteiger partial charge in [0.25, 0.3) is 5.41 Å². The van der Waals surface area contributed by atoms with Gasteiger partial charge in [0.15, 0.2) is 0 Å². The van der Waals surface area contributed by atoms with Crippen LogP contribution >= 0.6 is 0 Å². The van der Waals surface area contributed by atoms with Crippen molar-refractivity contribution >= 4 is 0 Å². The van der Waals surface area contributed by atoms with Crippen LogP contribution in [-0.2, 0) is 0 Å². The second-order valence-corrected chi connectivity index (χ2v) is 4.62. The number of hydrogen-bond donors (Lipinski definition) is 0. The quantitative estimate of drug-likeness (QED) is 0.485. The Hall–Kier alpha value is -1.12. The third kappa shape index (κ3) is 1.64. The first-order valence-electron chi connectivity index (χ1n) is 5.02. The first-order valence-corrected chi connectivity index (χ1v) is 5.02. The van der Waals surface area contributed by atoms with Gasteiger partial charge < -0.3 is 0 Å². The SMILES string of the molecule is FC(F)(F)C1(F)C(F)(F)C(F)(F)C(F)(F)C1(C(F)(F)F)C(F)(F)F. The second kappa shape index (κ2) is 4.34. The Balaban J connectivity index is 4.32. The maximum absolute atomic E-state index is 13.6. The Labute approximate surface area is 119 Å². The summed E-state index contributed by atoms with van der Waals surface area (Å²) < 4.78 is 204. The van der Waals surface area contributed by atoms with Crippen LogP contribution in [0.15, 0.2) is 0 Å². The first-order chi connectivity index (χ1) is 10.0. The van der Waals surface area contributed by atoms with E-state index >= 15 is 0 Å². The fourth-order valence-electron chi connectivity index (χ4n) is 2.40. The molecule has 0 aromatic heterocycles. The minimum Gasteiger partial charge on any atom is -0.225 e. The van der Waals surface area contributed by atoms with Crippen LogP contribution in [0.4, 0.5) is 70.2 Å². The Morgan fingerprint density at radius 3 is 0.833 bits per heavy atom. The third-order valence-electron chi connectivity index (χ3n) is 3.45. The van der Waals surface area contributed by atoms with E-state index in [2.05, 4.69) is 0 Å². The Morgan fingerprint density at radius 1 is 0.375 bits per heavy atom. The molecule has 1 fully saturated rings. The first kappa shape index (κ1) is 20.9. The molecule has 1 saturated carbocycles. The van der Waals surface area contributed by atoms with Gasteiger partial charge >= 0.3 is 42.0 Å². The highest BCUT2D eigenvalue weighted by molar-refractivity contribution is 5.34. The highest BCUT2D eigenvalue weighted by Crippen LogP contribution is 2.81. The molecule has 0 spiro atoms. The van der Waals surface area contributed by atoms with Gasteiger partial charge in [-0.25, -0.2) is 4.39 Å². The molecule has 1 atom stereocenters. The number of rotatable bonds is 0. The van der Waals surface area contributed by atoms with Crippen LogP contribution in [0.25, 0.3) is 0 Å². The average Bonchev–Trinajstić information content (AvgIpc) is 2.28. The molecule has 1 aliphatic carbocycles. The Bertz CT molecular complexity index is 502. The van der Waals surface area contributed by atoms with Gasteiger partial charge in [-0.15, -0.1) is 0 Å². The molecule has 144 valence electrons. The molecule has 0 saturated heterocycles. The average molecular weight is 400 g/mol. The van der Waals surface area contributed by atoms with Crippen LogP contribution in [0.3, 0.4) is 0 Å². The van der Waals surface area contributed by atoms with Crippen molar-refractivity contribution in [3.05, 3.63) is 0 Å². The lowest BCUT2D eigenvalue weighted by Crippen LogP contribution is -2.74. The van der Waals surface area contributed by atoms with Gasteiger partial charge in [0, 0.05) is 0 Å². The van der Waals surface area contributed by atoms with Gasteiger partial charge in [0.1, 0.15) is 0 Å². The molecule has 16 heteroatoms. The molecule has 24 heavy (non-hydrogen) atoms. The lowest BCUT2D eigenvalue weighted by atomic mass is 9.70. The molecular formula is C8F16. The maximum atomic E-state index is 13.6. The summed E-state index contributed by atoms with van der Waals surface area (Å²) in [5.74, 6) is -24.3. The molecule has 0 nitrogen and oxygen atoms in total. The van der Waals surface area contributed by atoms with Gasteiger partial charge in [0.05, 0.1) is 0 Å². The summed E-state index contributed by atoms with van der Waals surface area (Å²) in [5, 5.41) is 0. The van der Waals surface area contributed by atoms with Crippen molar-refractivity contribution in [2.45, 2.75) is 42.0 Å². The fraction of sp³-hybridized carbons (Fsp3) is 1.00. The maximum Gasteiger partial charge on any atom is 0.430 e. The zero-order valence-corrected chi connectivity index (χ0v) is 10.0. The highest BCUT2D eigenvalue weighted by atomic mass is 19.4. The molecule has 1 unspecified atom stereocenters.